The molecule has 6 heteroatoms. The highest BCUT2D eigenvalue weighted by molar-refractivity contribution is 6.00. The van der Waals surface area contributed by atoms with Crippen molar-refractivity contribution in [1.29, 1.82) is 0 Å². The number of pyridine rings is 1. The molecular formula is C29H28N4O2. The Kier molecular flexibility index (Phi) is 5.00. The Morgan fingerprint density at radius 2 is 1.94 bits per heavy atom. The lowest BCUT2D eigenvalue weighted by Crippen LogP contribution is -2.46. The first kappa shape index (κ1) is 21.9. The lowest BCUT2D eigenvalue weighted by Gasteiger charge is -2.46. The van der Waals surface area contributed by atoms with E-state index in [2.05, 4.69) is 17.8 Å². The molecule has 176 valence electrons. The summed E-state index contributed by atoms with van der Waals surface area (Å²) in [5, 5.41) is 0.995. The fourth-order valence-corrected chi connectivity index (χ4v) is 6.07. The summed E-state index contributed by atoms with van der Waals surface area (Å²) in [5.41, 5.74) is 4.34. The summed E-state index contributed by atoms with van der Waals surface area (Å²) in [5.74, 6) is 1.09. The quantitative estimate of drug-likeness (QED) is 0.460. The van der Waals surface area contributed by atoms with E-state index in [1.165, 1.54) is 6.42 Å². The highest BCUT2D eigenvalue weighted by Gasteiger charge is 2.50. The van der Waals surface area contributed by atoms with Crippen LogP contribution in [0.1, 0.15) is 56.5 Å². The Labute approximate surface area is 205 Å². The Morgan fingerprint density at radius 3 is 2.69 bits per heavy atom. The molecule has 2 heterocycles. The molecule has 0 aliphatic heterocycles. The maximum Gasteiger partial charge on any atom is 0.226 e. The number of ether oxygens (including phenoxy) is 1. The van der Waals surface area contributed by atoms with Crippen LogP contribution in [0.4, 0.5) is 0 Å². The van der Waals surface area contributed by atoms with Crippen molar-refractivity contribution in [3.05, 3.63) is 70.5 Å². The van der Waals surface area contributed by atoms with Crippen LogP contribution in [0.3, 0.4) is 0 Å². The summed E-state index contributed by atoms with van der Waals surface area (Å²) in [6.07, 6.45) is 6.92. The SMILES string of the molecule is [C-]#[N+]C1=C[C@@]2(C)c3nc(-c4cc(C)nc5ccccc45)nc(OC4CCC4)c3CC[C@@H]2[C@@H](C)C1=O. The number of nitrogens with zero attached hydrogens (tertiary/aromatic N) is 4. The van der Waals surface area contributed by atoms with Crippen molar-refractivity contribution >= 4 is 16.7 Å². The average Bonchev–Trinajstić information content (AvgIpc) is 2.83. The van der Waals surface area contributed by atoms with Crippen LogP contribution in [0.25, 0.3) is 27.1 Å². The molecule has 35 heavy (non-hydrogen) atoms. The minimum Gasteiger partial charge on any atom is -0.474 e. The minimum absolute atomic E-state index is 0.0538. The Balaban J connectivity index is 1.61. The number of allylic oxidation sites excluding steroid dienone is 2. The van der Waals surface area contributed by atoms with Gasteiger partial charge in [-0.15, -0.1) is 0 Å². The van der Waals surface area contributed by atoms with Gasteiger partial charge in [0.2, 0.25) is 11.6 Å². The molecule has 6 nitrogen and oxygen atoms in total. The van der Waals surface area contributed by atoms with Gasteiger partial charge in [0.25, 0.3) is 0 Å². The Bertz CT molecular complexity index is 1450. The number of para-hydroxylation sites is 1. The van der Waals surface area contributed by atoms with Crippen LogP contribution in [0, 0.1) is 25.3 Å². The van der Waals surface area contributed by atoms with Crippen molar-refractivity contribution in [3.63, 3.8) is 0 Å². The maximum absolute atomic E-state index is 12.9. The second-order valence-electron chi connectivity index (χ2n) is 10.4. The molecule has 0 amide bonds. The van der Waals surface area contributed by atoms with Gasteiger partial charge in [-0.3, -0.25) is 4.98 Å². The first-order chi connectivity index (χ1) is 16.9. The number of hydrogen-bond acceptors (Lipinski definition) is 5. The number of aryl methyl sites for hydroxylation is 1. The van der Waals surface area contributed by atoms with Crippen molar-refractivity contribution in [2.24, 2.45) is 11.8 Å². The number of benzene rings is 1. The molecule has 1 aromatic carbocycles. The third kappa shape index (κ3) is 3.36. The largest absolute Gasteiger partial charge is 0.474 e. The minimum atomic E-state index is -0.534. The highest BCUT2D eigenvalue weighted by atomic mass is 16.5. The molecule has 0 spiro atoms. The van der Waals surface area contributed by atoms with Crippen LogP contribution >= 0.6 is 0 Å². The molecule has 3 atom stereocenters. The number of carbonyl (C=O) groups excluding carboxylic acids is 1. The summed E-state index contributed by atoms with van der Waals surface area (Å²) in [6.45, 7) is 13.7. The van der Waals surface area contributed by atoms with Gasteiger partial charge < -0.3 is 9.53 Å². The summed E-state index contributed by atoms with van der Waals surface area (Å²) in [7, 11) is 0. The summed E-state index contributed by atoms with van der Waals surface area (Å²) >= 11 is 0. The molecule has 3 aliphatic rings. The van der Waals surface area contributed by atoms with Crippen LogP contribution in [-0.2, 0) is 16.6 Å². The normalized spacial score (nSPS) is 25.8. The van der Waals surface area contributed by atoms with Crippen LogP contribution < -0.4 is 4.74 Å². The Hall–Kier alpha value is -3.59. The summed E-state index contributed by atoms with van der Waals surface area (Å²) < 4.78 is 6.46. The predicted molar refractivity (Wildman–Crippen MR) is 134 cm³/mol. The van der Waals surface area contributed by atoms with Gasteiger partial charge in [-0.1, -0.05) is 38.1 Å². The first-order valence-electron chi connectivity index (χ1n) is 12.5. The van der Waals surface area contributed by atoms with E-state index in [1.54, 1.807) is 0 Å². The molecule has 3 aromatic rings. The van der Waals surface area contributed by atoms with Gasteiger partial charge in [-0.25, -0.2) is 9.83 Å². The van der Waals surface area contributed by atoms with Crippen LogP contribution in [0.2, 0.25) is 0 Å². The number of hydrogen-bond donors (Lipinski definition) is 0. The second-order valence-corrected chi connectivity index (χ2v) is 10.4. The van der Waals surface area contributed by atoms with E-state index in [9.17, 15) is 4.79 Å². The zero-order chi connectivity index (χ0) is 24.3. The van der Waals surface area contributed by atoms with Gasteiger partial charge in [0.15, 0.2) is 11.6 Å². The molecule has 1 saturated carbocycles. The Morgan fingerprint density at radius 1 is 1.14 bits per heavy atom. The van der Waals surface area contributed by atoms with E-state index in [4.69, 9.17) is 26.3 Å². The monoisotopic (exact) mass is 464 g/mol. The molecular weight excluding hydrogens is 436 g/mol. The number of aromatic nitrogens is 3. The predicted octanol–water partition coefficient (Wildman–Crippen LogP) is 5.77. The molecule has 2 aromatic heterocycles. The molecule has 0 bridgehead atoms. The van der Waals surface area contributed by atoms with Gasteiger partial charge in [0, 0.05) is 33.5 Å². The lowest BCUT2D eigenvalue weighted by molar-refractivity contribution is -0.121. The molecule has 0 radical (unpaired) electrons. The molecule has 3 aliphatic carbocycles. The maximum atomic E-state index is 12.9. The van der Waals surface area contributed by atoms with Crippen molar-refractivity contribution in [1.82, 2.24) is 15.0 Å². The smallest absolute Gasteiger partial charge is 0.226 e. The van der Waals surface area contributed by atoms with E-state index in [-0.39, 0.29) is 29.4 Å². The molecule has 0 N–H and O–H groups in total. The van der Waals surface area contributed by atoms with Gasteiger partial charge in [0.05, 0.1) is 17.8 Å². The fraction of sp³-hybridized carbons (Fsp3) is 0.414. The third-order valence-corrected chi connectivity index (χ3v) is 8.20. The standard InChI is InChI=1S/C29H28N4O2/c1-16-14-21(19-10-5-6-11-23(19)31-16)27-32-26-20(28(33-27)35-18-8-7-9-18)12-13-22-17(2)25(34)24(30-4)15-29(22,26)3/h5-6,10-11,14-15,17-18,22H,7-9,12-13H2,1-3H3/t17-,22-,29-/m1/s1. The zero-order valence-electron chi connectivity index (χ0n) is 20.3. The van der Waals surface area contributed by atoms with Gasteiger partial charge in [-0.2, -0.15) is 4.98 Å². The number of rotatable bonds is 3. The van der Waals surface area contributed by atoms with E-state index >= 15 is 0 Å². The van der Waals surface area contributed by atoms with Crippen molar-refractivity contribution in [2.45, 2.75) is 64.4 Å². The average molecular weight is 465 g/mol. The van der Waals surface area contributed by atoms with Gasteiger partial charge >= 0.3 is 0 Å². The van der Waals surface area contributed by atoms with Crippen molar-refractivity contribution in [2.75, 3.05) is 0 Å². The molecule has 0 saturated heterocycles. The highest BCUT2D eigenvalue weighted by Crippen LogP contribution is 2.51. The van der Waals surface area contributed by atoms with Crippen LogP contribution in [0.5, 0.6) is 5.88 Å². The summed E-state index contributed by atoms with van der Waals surface area (Å²) in [6, 6.07) is 10.1. The number of carbonyl (C=O) groups is 1. The van der Waals surface area contributed by atoms with Crippen LogP contribution in [-0.4, -0.2) is 26.8 Å². The van der Waals surface area contributed by atoms with E-state index < -0.39 is 5.41 Å². The number of ketones is 1. The summed E-state index contributed by atoms with van der Waals surface area (Å²) in [4.78, 5) is 31.3. The van der Waals surface area contributed by atoms with Gasteiger partial charge in [-0.05, 0) is 57.1 Å². The van der Waals surface area contributed by atoms with Crippen LogP contribution in [0.15, 0.2) is 42.1 Å². The first-order valence-corrected chi connectivity index (χ1v) is 12.5. The molecule has 6 rings (SSSR count). The van der Waals surface area contributed by atoms with Gasteiger partial charge in [0.1, 0.15) is 6.10 Å². The third-order valence-electron chi connectivity index (χ3n) is 8.20. The van der Waals surface area contributed by atoms with E-state index in [0.29, 0.717) is 11.7 Å². The molecule has 1 fully saturated rings. The molecule has 0 unspecified atom stereocenters. The van der Waals surface area contributed by atoms with E-state index in [1.807, 2.05) is 44.2 Å². The lowest BCUT2D eigenvalue weighted by atomic mass is 9.58. The topological polar surface area (TPSA) is 69.3 Å². The van der Waals surface area contributed by atoms with Crippen molar-refractivity contribution < 1.29 is 9.53 Å². The number of Topliss-reactive ketones (excluding diaryl/α,β-unsaturated/α-hetero) is 1. The van der Waals surface area contributed by atoms with Crippen molar-refractivity contribution in [3.8, 4) is 17.3 Å². The second kappa shape index (κ2) is 7.98. The zero-order valence-corrected chi connectivity index (χ0v) is 20.3. The van der Waals surface area contributed by atoms with E-state index in [0.717, 1.165) is 59.1 Å². The number of fused-ring (bicyclic) bond motifs is 4. The fourth-order valence-electron chi connectivity index (χ4n) is 6.07.